The molecule has 4 aromatic rings. The van der Waals surface area contributed by atoms with E-state index in [9.17, 15) is 18.0 Å². The molecule has 1 aliphatic heterocycles. The monoisotopic (exact) mass is 513 g/mol. The number of nitrogens with zero attached hydrogens (tertiary/aromatic N) is 5. The molecule has 11 heteroatoms. The number of benzene rings is 1. The van der Waals surface area contributed by atoms with Gasteiger partial charge >= 0.3 is 6.18 Å². The first kappa shape index (κ1) is 24.9. The van der Waals surface area contributed by atoms with Crippen molar-refractivity contribution < 1.29 is 22.3 Å². The molecule has 37 heavy (non-hydrogen) atoms. The van der Waals surface area contributed by atoms with Crippen LogP contribution >= 0.6 is 0 Å². The minimum Gasteiger partial charge on any atom is -0.373 e. The number of ether oxygens (including phenoxy) is 1. The summed E-state index contributed by atoms with van der Waals surface area (Å²) in [5.41, 5.74) is 0.805. The predicted octanol–water partition coefficient (Wildman–Crippen LogP) is 5.20. The van der Waals surface area contributed by atoms with E-state index >= 15 is 4.39 Å². The van der Waals surface area contributed by atoms with Gasteiger partial charge in [0.15, 0.2) is 5.65 Å². The maximum absolute atomic E-state index is 15.0. The van der Waals surface area contributed by atoms with E-state index in [1.807, 2.05) is 0 Å². The van der Waals surface area contributed by atoms with E-state index in [2.05, 4.69) is 19.9 Å². The molecule has 0 aliphatic carbocycles. The van der Waals surface area contributed by atoms with E-state index in [1.165, 1.54) is 4.57 Å². The van der Waals surface area contributed by atoms with Crippen molar-refractivity contribution in [2.45, 2.75) is 44.9 Å². The summed E-state index contributed by atoms with van der Waals surface area (Å²) in [5.74, 6) is -0.980. The first-order valence-corrected chi connectivity index (χ1v) is 11.7. The molecule has 1 aromatic carbocycles. The summed E-state index contributed by atoms with van der Waals surface area (Å²) in [5, 5.41) is 0. The molecular weight excluding hydrogens is 490 g/mol. The second-order valence-corrected chi connectivity index (χ2v) is 9.15. The number of hydrogen-bond acceptors (Lipinski definition) is 6. The van der Waals surface area contributed by atoms with Gasteiger partial charge in [-0.1, -0.05) is 0 Å². The molecule has 0 N–H and O–H groups in total. The number of aryl methyl sites for hydroxylation is 3. The zero-order chi connectivity index (χ0) is 26.5. The van der Waals surface area contributed by atoms with Crippen molar-refractivity contribution >= 4 is 11.2 Å². The molecule has 0 bridgehead atoms. The first-order chi connectivity index (χ1) is 17.5. The maximum atomic E-state index is 15.0. The zero-order valence-corrected chi connectivity index (χ0v) is 20.3. The normalized spacial score (nSPS) is 18.4. The van der Waals surface area contributed by atoms with Gasteiger partial charge in [-0.3, -0.25) is 4.79 Å². The molecule has 0 spiro atoms. The van der Waals surface area contributed by atoms with Crippen molar-refractivity contribution in [3.05, 3.63) is 81.0 Å². The number of pyridine rings is 1. The van der Waals surface area contributed by atoms with Crippen LogP contribution in [-0.4, -0.2) is 31.1 Å². The highest BCUT2D eigenvalue weighted by Gasteiger charge is 2.33. The lowest BCUT2D eigenvalue weighted by Gasteiger charge is -2.29. The lowest BCUT2D eigenvalue weighted by molar-refractivity contribution is -0.137. The van der Waals surface area contributed by atoms with Crippen molar-refractivity contribution in [3.63, 3.8) is 0 Å². The smallest absolute Gasteiger partial charge is 0.373 e. The number of fused-ring (bicyclic) bond motifs is 1. The van der Waals surface area contributed by atoms with Gasteiger partial charge in [-0.15, -0.1) is 0 Å². The zero-order valence-electron chi connectivity index (χ0n) is 20.3. The molecule has 0 saturated carbocycles. The van der Waals surface area contributed by atoms with E-state index < -0.39 is 23.7 Å². The molecule has 3 aromatic heterocycles. The van der Waals surface area contributed by atoms with Gasteiger partial charge in [0, 0.05) is 36.9 Å². The Kier molecular flexibility index (Phi) is 6.26. The Bertz CT molecular complexity index is 1570. The van der Waals surface area contributed by atoms with Crippen LogP contribution in [0.25, 0.3) is 22.4 Å². The van der Waals surface area contributed by atoms with E-state index in [4.69, 9.17) is 4.74 Å². The highest BCUT2D eigenvalue weighted by molar-refractivity contribution is 5.87. The Hall–Kier alpha value is -3.73. The molecule has 192 valence electrons. The van der Waals surface area contributed by atoms with E-state index in [-0.39, 0.29) is 33.9 Å². The van der Waals surface area contributed by atoms with Crippen molar-refractivity contribution in [1.29, 1.82) is 0 Å². The van der Waals surface area contributed by atoms with Gasteiger partial charge in [0.05, 0.1) is 23.1 Å². The second-order valence-electron chi connectivity index (χ2n) is 9.15. The highest BCUT2D eigenvalue weighted by Crippen LogP contribution is 2.38. The molecule has 0 unspecified atom stereocenters. The maximum Gasteiger partial charge on any atom is 0.416 e. The number of aromatic nitrogens is 5. The molecule has 2 atom stereocenters. The van der Waals surface area contributed by atoms with Gasteiger partial charge in [-0.05, 0) is 57.0 Å². The number of hydrogen-bond donors (Lipinski definition) is 0. The predicted molar refractivity (Wildman–Crippen MR) is 127 cm³/mol. The summed E-state index contributed by atoms with van der Waals surface area (Å²) < 4.78 is 61.8. The molecular formula is C26H23F4N5O2. The third-order valence-electron chi connectivity index (χ3n) is 6.66. The lowest BCUT2D eigenvalue weighted by Crippen LogP contribution is -2.28. The molecule has 5 rings (SSSR count). The average Bonchev–Trinajstić information content (AvgIpc) is 2.85. The fourth-order valence-corrected chi connectivity index (χ4v) is 4.49. The Balaban J connectivity index is 1.62. The topological polar surface area (TPSA) is 82.8 Å². The fraction of sp³-hybridized carbons (Fsp3) is 0.346. The average molecular weight is 513 g/mol. The lowest BCUT2D eigenvalue weighted by atomic mass is 9.91. The Labute approximate surface area is 209 Å². The third kappa shape index (κ3) is 4.71. The molecule has 4 heterocycles. The van der Waals surface area contributed by atoms with Crippen LogP contribution in [0.15, 0.2) is 41.3 Å². The van der Waals surface area contributed by atoms with Crippen molar-refractivity contribution in [2.75, 3.05) is 6.61 Å². The Morgan fingerprint density at radius 1 is 1.05 bits per heavy atom. The summed E-state index contributed by atoms with van der Waals surface area (Å²) in [6.45, 7) is 3.83. The number of rotatable bonds is 3. The number of alkyl halides is 3. The summed E-state index contributed by atoms with van der Waals surface area (Å²) in [6, 6.07) is 5.81. The van der Waals surface area contributed by atoms with Crippen molar-refractivity contribution in [1.82, 2.24) is 24.5 Å². The van der Waals surface area contributed by atoms with Crippen molar-refractivity contribution in [3.8, 4) is 11.3 Å². The summed E-state index contributed by atoms with van der Waals surface area (Å²) >= 11 is 0. The molecule has 0 radical (unpaired) electrons. The second kappa shape index (κ2) is 9.29. The van der Waals surface area contributed by atoms with Crippen LogP contribution in [0.2, 0.25) is 0 Å². The van der Waals surface area contributed by atoms with Crippen LogP contribution in [0, 0.1) is 19.7 Å². The standard InChI is InChI=1S/C26H23F4N5O2/c1-13-14(2)32-24-22(31-13)21(17-7-6-16(12-19(17)27)26(28,29)30)33-23(34-24)15-8-10-37-20(11-15)18-5-4-9-35(3)25(18)36/h4-7,9,12,15,20H,8,10-11H2,1-3H3/t15-,20+/m0/s1. The Morgan fingerprint density at radius 2 is 1.81 bits per heavy atom. The largest absolute Gasteiger partial charge is 0.416 e. The summed E-state index contributed by atoms with van der Waals surface area (Å²) in [6.07, 6.45) is -2.57. The molecule has 1 fully saturated rings. The third-order valence-corrected chi connectivity index (χ3v) is 6.66. The minimum absolute atomic E-state index is 0.0699. The van der Waals surface area contributed by atoms with Gasteiger partial charge in [-0.2, -0.15) is 13.2 Å². The molecule has 1 aliphatic rings. The minimum atomic E-state index is -4.68. The van der Waals surface area contributed by atoms with Crippen LogP contribution in [0.3, 0.4) is 0 Å². The Morgan fingerprint density at radius 3 is 2.54 bits per heavy atom. The molecule has 1 saturated heterocycles. The van der Waals surface area contributed by atoms with Gasteiger partial charge in [0.2, 0.25) is 0 Å². The molecule has 0 amide bonds. The van der Waals surface area contributed by atoms with Crippen LogP contribution in [-0.2, 0) is 18.0 Å². The van der Waals surface area contributed by atoms with Crippen LogP contribution < -0.4 is 5.56 Å². The van der Waals surface area contributed by atoms with Gasteiger partial charge in [0.25, 0.3) is 5.56 Å². The quantitative estimate of drug-likeness (QED) is 0.351. The van der Waals surface area contributed by atoms with Crippen molar-refractivity contribution in [2.24, 2.45) is 7.05 Å². The molecule has 7 nitrogen and oxygen atoms in total. The first-order valence-electron chi connectivity index (χ1n) is 11.7. The van der Waals surface area contributed by atoms with E-state index in [0.717, 1.165) is 12.1 Å². The fourth-order valence-electron chi connectivity index (χ4n) is 4.49. The summed E-state index contributed by atoms with van der Waals surface area (Å²) in [4.78, 5) is 30.9. The van der Waals surface area contributed by atoms with Crippen LogP contribution in [0.1, 0.15) is 53.2 Å². The van der Waals surface area contributed by atoms with E-state index in [1.54, 1.807) is 39.2 Å². The number of halogens is 4. The van der Waals surface area contributed by atoms with Gasteiger partial charge < -0.3 is 9.30 Å². The SMILES string of the molecule is Cc1nc2nc([C@H]3CCO[C@@H](c4cccn(C)c4=O)C3)nc(-c3ccc(C(F)(F)F)cc3F)c2nc1C. The van der Waals surface area contributed by atoms with Crippen LogP contribution in [0.4, 0.5) is 17.6 Å². The van der Waals surface area contributed by atoms with E-state index in [0.29, 0.717) is 48.3 Å². The van der Waals surface area contributed by atoms with Gasteiger partial charge in [-0.25, -0.2) is 24.3 Å². The summed E-state index contributed by atoms with van der Waals surface area (Å²) in [7, 11) is 1.66. The van der Waals surface area contributed by atoms with Crippen LogP contribution in [0.5, 0.6) is 0 Å². The highest BCUT2D eigenvalue weighted by atomic mass is 19.4. The van der Waals surface area contributed by atoms with Gasteiger partial charge in [0.1, 0.15) is 22.9 Å².